The average Bonchev–Trinajstić information content (AvgIpc) is 3.07. The molecule has 0 aliphatic rings. The van der Waals surface area contributed by atoms with E-state index in [1.165, 1.54) is 11.8 Å². The van der Waals surface area contributed by atoms with Crippen LogP contribution in [0.2, 0.25) is 0 Å². The van der Waals surface area contributed by atoms with E-state index in [2.05, 4.69) is 43.8 Å². The number of nitrogen functional groups attached to an aromatic ring is 2. The zero-order valence-electron chi connectivity index (χ0n) is 17.9. The molecule has 162 valence electrons. The molecule has 0 radical (unpaired) electrons. The van der Waals surface area contributed by atoms with Crippen LogP contribution >= 0.6 is 11.8 Å². The molecule has 4 aromatic rings. The molecule has 0 aliphatic carbocycles. The van der Waals surface area contributed by atoms with Gasteiger partial charge in [-0.2, -0.15) is 15.0 Å². The number of nitrogens with two attached hydrogens (primary N) is 2. The molecular formula is C24H24N6OS. The molecular weight excluding hydrogens is 420 g/mol. The Morgan fingerprint density at radius 3 is 1.97 bits per heavy atom. The predicted octanol–water partition coefficient (Wildman–Crippen LogP) is 4.07. The van der Waals surface area contributed by atoms with E-state index in [0.29, 0.717) is 10.7 Å². The molecule has 0 fully saturated rings. The van der Waals surface area contributed by atoms with Crippen LogP contribution in [-0.2, 0) is 0 Å². The van der Waals surface area contributed by atoms with Crippen molar-refractivity contribution in [2.75, 3.05) is 17.2 Å². The van der Waals surface area contributed by atoms with E-state index in [9.17, 15) is 4.79 Å². The summed E-state index contributed by atoms with van der Waals surface area (Å²) in [6.07, 6.45) is 0. The predicted molar refractivity (Wildman–Crippen MR) is 128 cm³/mol. The number of ketones is 1. The van der Waals surface area contributed by atoms with Crippen molar-refractivity contribution in [2.24, 2.45) is 0 Å². The molecule has 0 saturated carbocycles. The maximum atomic E-state index is 13.1. The summed E-state index contributed by atoms with van der Waals surface area (Å²) in [6.45, 7) is 4.02. The Morgan fingerprint density at radius 2 is 1.44 bits per heavy atom. The van der Waals surface area contributed by atoms with Crippen molar-refractivity contribution in [1.82, 2.24) is 19.5 Å². The summed E-state index contributed by atoms with van der Waals surface area (Å²) in [4.78, 5) is 24.9. The van der Waals surface area contributed by atoms with Gasteiger partial charge in [-0.1, -0.05) is 72.4 Å². The summed E-state index contributed by atoms with van der Waals surface area (Å²) in [5, 5.41) is 0.337. The molecule has 4 N–H and O–H groups in total. The van der Waals surface area contributed by atoms with Gasteiger partial charge in [-0.15, -0.1) is 0 Å². The first-order valence-corrected chi connectivity index (χ1v) is 11.1. The third kappa shape index (κ3) is 4.50. The molecule has 2 aromatic heterocycles. The molecule has 0 bridgehead atoms. The Labute approximate surface area is 190 Å². The highest BCUT2D eigenvalue weighted by molar-refractivity contribution is 7.99. The van der Waals surface area contributed by atoms with Crippen LogP contribution in [0, 0.1) is 13.8 Å². The molecule has 0 spiro atoms. The first-order valence-electron chi connectivity index (χ1n) is 10.2. The van der Waals surface area contributed by atoms with E-state index in [-0.39, 0.29) is 29.5 Å². The second kappa shape index (κ2) is 9.23. The van der Waals surface area contributed by atoms with Gasteiger partial charge in [0.1, 0.15) is 0 Å². The number of carbonyl (C=O) groups excluding carboxylic acids is 1. The minimum Gasteiger partial charge on any atom is -0.368 e. The van der Waals surface area contributed by atoms with Crippen LogP contribution in [0.25, 0.3) is 0 Å². The van der Waals surface area contributed by atoms with Gasteiger partial charge in [0.25, 0.3) is 0 Å². The number of thioether (sulfide) groups is 1. The molecule has 32 heavy (non-hydrogen) atoms. The Hall–Kier alpha value is -3.65. The van der Waals surface area contributed by atoms with Crippen LogP contribution in [0.3, 0.4) is 0 Å². The van der Waals surface area contributed by atoms with Crippen molar-refractivity contribution in [2.45, 2.75) is 25.0 Å². The van der Waals surface area contributed by atoms with Gasteiger partial charge in [0.05, 0.1) is 11.8 Å². The molecule has 2 heterocycles. The molecule has 0 amide bonds. The molecule has 0 unspecified atom stereocenters. The van der Waals surface area contributed by atoms with Crippen molar-refractivity contribution >= 4 is 29.4 Å². The van der Waals surface area contributed by atoms with Crippen molar-refractivity contribution in [1.29, 1.82) is 0 Å². The Kier molecular flexibility index (Phi) is 6.23. The summed E-state index contributed by atoms with van der Waals surface area (Å²) < 4.78 is 2.22. The number of anilines is 2. The van der Waals surface area contributed by atoms with Crippen molar-refractivity contribution < 1.29 is 4.79 Å². The van der Waals surface area contributed by atoms with E-state index in [1.807, 2.05) is 56.3 Å². The van der Waals surface area contributed by atoms with E-state index in [1.54, 1.807) is 0 Å². The van der Waals surface area contributed by atoms with Gasteiger partial charge in [0, 0.05) is 17.0 Å². The minimum absolute atomic E-state index is 0.00761. The summed E-state index contributed by atoms with van der Waals surface area (Å²) in [5.74, 6) is 0.249. The maximum Gasteiger partial charge on any atom is 0.225 e. The zero-order valence-corrected chi connectivity index (χ0v) is 18.7. The van der Waals surface area contributed by atoms with Crippen LogP contribution in [0.15, 0.2) is 71.9 Å². The van der Waals surface area contributed by atoms with Crippen LogP contribution in [-0.4, -0.2) is 31.1 Å². The first kappa shape index (κ1) is 21.6. The molecule has 0 saturated heterocycles. The number of rotatable bonds is 7. The van der Waals surface area contributed by atoms with Gasteiger partial charge in [-0.3, -0.25) is 4.79 Å². The standard InChI is InChI=1S/C24H24N6OS/c1-15-13-19(20(31)14-32-24-28-22(25)27-23(26)29-24)16(2)30(15)21(17-9-5-3-6-10-17)18-11-7-4-8-12-18/h3-13,21H,14H2,1-2H3,(H4,25,26,27,28,29). The van der Waals surface area contributed by atoms with Crippen LogP contribution in [0.1, 0.15) is 38.9 Å². The summed E-state index contributed by atoms with van der Waals surface area (Å²) >= 11 is 1.20. The quantitative estimate of drug-likeness (QED) is 0.326. The molecule has 8 heteroatoms. The topological polar surface area (TPSA) is 113 Å². The number of aromatic nitrogens is 4. The molecule has 0 aliphatic heterocycles. The SMILES string of the molecule is Cc1cc(C(=O)CSc2nc(N)nc(N)n2)c(C)n1C(c1ccccc1)c1ccccc1. The summed E-state index contributed by atoms with van der Waals surface area (Å²) in [7, 11) is 0. The Morgan fingerprint density at radius 1 is 0.906 bits per heavy atom. The number of hydrogen-bond acceptors (Lipinski definition) is 7. The van der Waals surface area contributed by atoms with Gasteiger partial charge >= 0.3 is 0 Å². The summed E-state index contributed by atoms with van der Waals surface area (Å²) in [6, 6.07) is 22.5. The second-order valence-corrected chi connectivity index (χ2v) is 8.37. The van der Waals surface area contributed by atoms with Crippen LogP contribution in [0.4, 0.5) is 11.9 Å². The number of nitrogens with zero attached hydrogens (tertiary/aromatic N) is 4. The number of carbonyl (C=O) groups is 1. The lowest BCUT2D eigenvalue weighted by atomic mass is 9.98. The molecule has 7 nitrogen and oxygen atoms in total. The third-order valence-electron chi connectivity index (χ3n) is 5.26. The number of benzene rings is 2. The second-order valence-electron chi connectivity index (χ2n) is 7.42. The van der Waals surface area contributed by atoms with Crippen molar-refractivity contribution in [3.8, 4) is 0 Å². The summed E-state index contributed by atoms with van der Waals surface area (Å²) in [5.41, 5.74) is 16.2. The van der Waals surface area contributed by atoms with Gasteiger partial charge in [-0.05, 0) is 31.0 Å². The highest BCUT2D eigenvalue weighted by atomic mass is 32.2. The average molecular weight is 445 g/mol. The highest BCUT2D eigenvalue weighted by Crippen LogP contribution is 2.32. The van der Waals surface area contributed by atoms with E-state index < -0.39 is 0 Å². The minimum atomic E-state index is -0.0327. The number of Topliss-reactive ketones (excluding diaryl/α,β-unsaturated/α-hetero) is 1. The van der Waals surface area contributed by atoms with E-state index >= 15 is 0 Å². The molecule has 2 aromatic carbocycles. The zero-order chi connectivity index (χ0) is 22.7. The van der Waals surface area contributed by atoms with E-state index in [0.717, 1.165) is 22.5 Å². The monoisotopic (exact) mass is 444 g/mol. The highest BCUT2D eigenvalue weighted by Gasteiger charge is 2.23. The third-order valence-corrected chi connectivity index (χ3v) is 6.10. The van der Waals surface area contributed by atoms with Gasteiger partial charge in [0.15, 0.2) is 10.9 Å². The fraction of sp³-hybridized carbons (Fsp3) is 0.167. The lowest BCUT2D eigenvalue weighted by Crippen LogP contribution is -2.16. The lowest BCUT2D eigenvalue weighted by Gasteiger charge is -2.24. The maximum absolute atomic E-state index is 13.1. The Balaban J connectivity index is 1.67. The normalized spacial score (nSPS) is 11.1. The fourth-order valence-corrected chi connectivity index (χ4v) is 4.61. The largest absolute Gasteiger partial charge is 0.368 e. The van der Waals surface area contributed by atoms with Crippen molar-refractivity contribution in [3.05, 3.63) is 94.8 Å². The molecule has 4 rings (SSSR count). The smallest absolute Gasteiger partial charge is 0.225 e. The van der Waals surface area contributed by atoms with Gasteiger partial charge in [0.2, 0.25) is 11.9 Å². The fourth-order valence-electron chi connectivity index (χ4n) is 3.88. The molecule has 0 atom stereocenters. The number of aryl methyl sites for hydroxylation is 1. The van der Waals surface area contributed by atoms with Gasteiger partial charge in [-0.25, -0.2) is 0 Å². The first-order chi connectivity index (χ1) is 15.4. The van der Waals surface area contributed by atoms with Crippen LogP contribution in [0.5, 0.6) is 0 Å². The van der Waals surface area contributed by atoms with Gasteiger partial charge < -0.3 is 16.0 Å². The van der Waals surface area contributed by atoms with Crippen molar-refractivity contribution in [3.63, 3.8) is 0 Å². The van der Waals surface area contributed by atoms with E-state index in [4.69, 9.17) is 11.5 Å². The van der Waals surface area contributed by atoms with Crippen LogP contribution < -0.4 is 11.5 Å². The lowest BCUT2D eigenvalue weighted by molar-refractivity contribution is 0.102. The Bertz CT molecular complexity index is 1180. The number of hydrogen-bond donors (Lipinski definition) is 2.